The molecule has 1 aromatic carbocycles. The lowest BCUT2D eigenvalue weighted by atomic mass is 10.1. The molecule has 2 fully saturated rings. The second-order valence-electron chi connectivity index (χ2n) is 8.62. The lowest BCUT2D eigenvalue weighted by Crippen LogP contribution is -2.50. The zero-order valence-corrected chi connectivity index (χ0v) is 19.2. The van der Waals surface area contributed by atoms with Crippen LogP contribution >= 0.6 is 0 Å². The summed E-state index contributed by atoms with van der Waals surface area (Å²) in [5.41, 5.74) is 7.14. The van der Waals surface area contributed by atoms with E-state index in [2.05, 4.69) is 62.2 Å². The van der Waals surface area contributed by atoms with Gasteiger partial charge in [0, 0.05) is 71.0 Å². The summed E-state index contributed by atoms with van der Waals surface area (Å²) in [6, 6.07) is 6.59. The minimum atomic E-state index is 0.256. The molecule has 1 N–H and O–H groups in total. The van der Waals surface area contributed by atoms with Gasteiger partial charge in [0.05, 0.1) is 0 Å². The quantitative estimate of drug-likeness (QED) is 0.733. The van der Waals surface area contributed by atoms with Crippen molar-refractivity contribution in [3.63, 3.8) is 0 Å². The Balaban J connectivity index is 1.26. The van der Waals surface area contributed by atoms with Gasteiger partial charge in [-0.3, -0.25) is 10.3 Å². The number of aryl methyl sites for hydroxylation is 2. The summed E-state index contributed by atoms with van der Waals surface area (Å²) in [4.78, 5) is 13.8. The number of nitrogens with one attached hydrogen (secondary N) is 1. The number of ether oxygens (including phenoxy) is 1. The topological polar surface area (TPSA) is 56.8 Å². The van der Waals surface area contributed by atoms with Gasteiger partial charge in [0.1, 0.15) is 11.9 Å². The molecule has 0 atom stereocenters. The van der Waals surface area contributed by atoms with Gasteiger partial charge in [-0.25, -0.2) is 15.0 Å². The van der Waals surface area contributed by atoms with E-state index in [0.29, 0.717) is 0 Å². The molecule has 2 aliphatic heterocycles. The van der Waals surface area contributed by atoms with Crippen LogP contribution in [0.4, 0.5) is 5.95 Å². The van der Waals surface area contributed by atoms with Crippen molar-refractivity contribution in [2.24, 2.45) is 0 Å². The molecule has 31 heavy (non-hydrogen) atoms. The minimum absolute atomic E-state index is 0.256. The first-order valence-corrected chi connectivity index (χ1v) is 11.6. The van der Waals surface area contributed by atoms with Crippen LogP contribution in [0.25, 0.3) is 0 Å². The monoisotopic (exact) mass is 424 g/mol. The van der Waals surface area contributed by atoms with E-state index < -0.39 is 0 Å². The molecule has 0 unspecified atom stereocenters. The van der Waals surface area contributed by atoms with Crippen molar-refractivity contribution in [1.82, 2.24) is 25.3 Å². The molecule has 2 aromatic rings. The standard InChI is InChI=1S/C24H36N6O/c1-4-20-16-26-24(27-17-20)29-9-7-22(8-10-29)31-23-6-5-21(19(2)15-23)18-28-11-13-30(25-3)14-12-28/h5-6,15-17,22,25H,4,7-14,18H2,1-3H3. The number of aromatic nitrogens is 2. The van der Waals surface area contributed by atoms with Gasteiger partial charge in [0.2, 0.25) is 5.95 Å². The van der Waals surface area contributed by atoms with Gasteiger partial charge in [-0.1, -0.05) is 13.0 Å². The molecule has 0 saturated carbocycles. The van der Waals surface area contributed by atoms with Crippen LogP contribution in [-0.2, 0) is 13.0 Å². The Hall–Kier alpha value is -2.22. The molecule has 7 heteroatoms. The Morgan fingerprint density at radius 3 is 2.35 bits per heavy atom. The van der Waals surface area contributed by atoms with Crippen molar-refractivity contribution in [2.45, 2.75) is 45.8 Å². The smallest absolute Gasteiger partial charge is 0.225 e. The molecule has 0 radical (unpaired) electrons. The van der Waals surface area contributed by atoms with Gasteiger partial charge in [-0.15, -0.1) is 0 Å². The number of rotatable bonds is 7. The lowest BCUT2D eigenvalue weighted by Gasteiger charge is -2.34. The molecular formula is C24H36N6O. The molecule has 168 valence electrons. The van der Waals surface area contributed by atoms with E-state index in [1.807, 2.05) is 19.4 Å². The highest BCUT2D eigenvalue weighted by Crippen LogP contribution is 2.24. The molecule has 0 spiro atoms. The summed E-state index contributed by atoms with van der Waals surface area (Å²) in [6.07, 6.45) is 7.10. The van der Waals surface area contributed by atoms with Crippen molar-refractivity contribution in [3.05, 3.63) is 47.3 Å². The van der Waals surface area contributed by atoms with E-state index in [0.717, 1.165) is 76.8 Å². The van der Waals surface area contributed by atoms with Crippen LogP contribution in [0, 0.1) is 6.92 Å². The summed E-state index contributed by atoms with van der Waals surface area (Å²) in [6.45, 7) is 11.6. The number of piperazine rings is 1. The van der Waals surface area contributed by atoms with E-state index in [1.54, 1.807) is 0 Å². The Labute approximate surface area is 186 Å². The summed E-state index contributed by atoms with van der Waals surface area (Å²) in [5, 5.41) is 2.28. The fraction of sp³-hybridized carbons (Fsp3) is 0.583. The Morgan fingerprint density at radius 1 is 1.03 bits per heavy atom. The van der Waals surface area contributed by atoms with Crippen LogP contribution in [0.2, 0.25) is 0 Å². The van der Waals surface area contributed by atoms with E-state index in [9.17, 15) is 0 Å². The average Bonchev–Trinajstić information content (AvgIpc) is 2.82. The Bertz CT molecular complexity index is 826. The lowest BCUT2D eigenvalue weighted by molar-refractivity contribution is 0.0945. The number of anilines is 1. The van der Waals surface area contributed by atoms with E-state index in [-0.39, 0.29) is 6.10 Å². The van der Waals surface area contributed by atoms with E-state index in [1.165, 1.54) is 16.7 Å². The van der Waals surface area contributed by atoms with Crippen molar-refractivity contribution >= 4 is 5.95 Å². The summed E-state index contributed by atoms with van der Waals surface area (Å²) < 4.78 is 6.33. The molecule has 0 aliphatic carbocycles. The molecule has 7 nitrogen and oxygen atoms in total. The van der Waals surface area contributed by atoms with Crippen molar-refractivity contribution in [3.8, 4) is 5.75 Å². The van der Waals surface area contributed by atoms with E-state index >= 15 is 0 Å². The largest absolute Gasteiger partial charge is 0.490 e. The van der Waals surface area contributed by atoms with Gasteiger partial charge in [-0.05, 0) is 49.2 Å². The van der Waals surface area contributed by atoms with Crippen LogP contribution < -0.4 is 15.1 Å². The van der Waals surface area contributed by atoms with Crippen LogP contribution in [-0.4, -0.2) is 72.3 Å². The molecular weight excluding hydrogens is 388 g/mol. The first kappa shape index (κ1) is 22.0. The highest BCUT2D eigenvalue weighted by molar-refractivity contribution is 5.35. The maximum atomic E-state index is 6.33. The highest BCUT2D eigenvalue weighted by atomic mass is 16.5. The predicted octanol–water partition coefficient (Wildman–Crippen LogP) is 2.65. The van der Waals surface area contributed by atoms with Crippen LogP contribution in [0.1, 0.15) is 36.5 Å². The Morgan fingerprint density at radius 2 is 1.74 bits per heavy atom. The second kappa shape index (κ2) is 10.4. The van der Waals surface area contributed by atoms with Crippen LogP contribution in [0.5, 0.6) is 5.75 Å². The van der Waals surface area contributed by atoms with Gasteiger partial charge >= 0.3 is 0 Å². The SMILES string of the molecule is CCc1cnc(N2CCC(Oc3ccc(CN4CCN(NC)CC4)c(C)c3)CC2)nc1. The van der Waals surface area contributed by atoms with Crippen molar-refractivity contribution in [1.29, 1.82) is 0 Å². The molecule has 0 amide bonds. The van der Waals surface area contributed by atoms with Gasteiger partial charge in [0.25, 0.3) is 0 Å². The predicted molar refractivity (Wildman–Crippen MR) is 124 cm³/mol. The first-order valence-electron chi connectivity index (χ1n) is 11.6. The molecule has 2 saturated heterocycles. The first-order chi connectivity index (χ1) is 15.1. The molecule has 1 aromatic heterocycles. The normalized spacial score (nSPS) is 19.0. The van der Waals surface area contributed by atoms with Crippen LogP contribution in [0.3, 0.4) is 0 Å². The number of hydrogen-bond acceptors (Lipinski definition) is 7. The zero-order valence-electron chi connectivity index (χ0n) is 19.2. The molecule has 2 aliphatic rings. The summed E-state index contributed by atoms with van der Waals surface area (Å²) >= 11 is 0. The van der Waals surface area contributed by atoms with Crippen LogP contribution in [0.15, 0.2) is 30.6 Å². The Kier molecular flexibility index (Phi) is 7.37. The maximum absolute atomic E-state index is 6.33. The summed E-state index contributed by atoms with van der Waals surface area (Å²) in [7, 11) is 2.00. The fourth-order valence-electron chi connectivity index (χ4n) is 4.35. The zero-order chi connectivity index (χ0) is 21.6. The number of piperidine rings is 1. The number of nitrogens with zero attached hydrogens (tertiary/aromatic N) is 5. The highest BCUT2D eigenvalue weighted by Gasteiger charge is 2.22. The van der Waals surface area contributed by atoms with Gasteiger partial charge in [-0.2, -0.15) is 0 Å². The third kappa shape index (κ3) is 5.73. The minimum Gasteiger partial charge on any atom is -0.490 e. The van der Waals surface area contributed by atoms with E-state index in [4.69, 9.17) is 4.74 Å². The second-order valence-corrected chi connectivity index (χ2v) is 8.62. The fourth-order valence-corrected chi connectivity index (χ4v) is 4.35. The van der Waals surface area contributed by atoms with Crippen molar-refractivity contribution < 1.29 is 4.74 Å². The van der Waals surface area contributed by atoms with Gasteiger partial charge in [0.15, 0.2) is 0 Å². The van der Waals surface area contributed by atoms with Gasteiger partial charge < -0.3 is 9.64 Å². The maximum Gasteiger partial charge on any atom is 0.225 e. The molecule has 4 rings (SSSR count). The molecule has 0 bridgehead atoms. The number of benzene rings is 1. The number of hydrogen-bond donors (Lipinski definition) is 1. The third-order valence-corrected chi connectivity index (χ3v) is 6.52. The molecule has 3 heterocycles. The average molecular weight is 425 g/mol. The third-order valence-electron chi connectivity index (χ3n) is 6.52. The van der Waals surface area contributed by atoms with Crippen molar-refractivity contribution in [2.75, 3.05) is 51.2 Å². The summed E-state index contributed by atoms with van der Waals surface area (Å²) in [5.74, 6) is 1.83. The number of hydrazine groups is 1.